The SMILES string of the molecule is Cc1cc(C(C)CCCc2ccccc2C(=O)O)c2oc(-c3ccc4nccn4n3)cc(=O)c2c1. The molecule has 0 bridgehead atoms. The fourth-order valence-corrected chi connectivity index (χ4v) is 4.57. The molecule has 0 saturated carbocycles. The molecule has 176 valence electrons. The van der Waals surface area contributed by atoms with Gasteiger partial charge < -0.3 is 9.52 Å². The van der Waals surface area contributed by atoms with E-state index in [0.717, 1.165) is 29.5 Å². The van der Waals surface area contributed by atoms with Crippen molar-refractivity contribution in [3.8, 4) is 11.5 Å². The summed E-state index contributed by atoms with van der Waals surface area (Å²) in [5, 5.41) is 14.5. The molecular weight excluding hydrogens is 442 g/mol. The van der Waals surface area contributed by atoms with Crippen LogP contribution in [0.3, 0.4) is 0 Å². The minimum atomic E-state index is -0.907. The number of imidazole rings is 1. The van der Waals surface area contributed by atoms with Gasteiger partial charge in [-0.3, -0.25) is 4.79 Å². The summed E-state index contributed by atoms with van der Waals surface area (Å²) in [5.74, 6) is -0.391. The number of carbonyl (C=O) groups is 1. The molecule has 7 nitrogen and oxygen atoms in total. The quantitative estimate of drug-likeness (QED) is 0.333. The predicted octanol–water partition coefficient (Wildman–Crippen LogP) is 5.64. The van der Waals surface area contributed by atoms with Gasteiger partial charge in [-0.2, -0.15) is 5.10 Å². The highest BCUT2D eigenvalue weighted by Crippen LogP contribution is 2.32. The van der Waals surface area contributed by atoms with Crippen LogP contribution in [0.5, 0.6) is 0 Å². The summed E-state index contributed by atoms with van der Waals surface area (Å²) in [6, 6.07) is 16.2. The van der Waals surface area contributed by atoms with Crippen LogP contribution in [0.4, 0.5) is 0 Å². The van der Waals surface area contributed by atoms with Gasteiger partial charge in [0.15, 0.2) is 16.8 Å². The van der Waals surface area contributed by atoms with Gasteiger partial charge in [0.05, 0.1) is 10.9 Å². The molecule has 7 heteroatoms. The predicted molar refractivity (Wildman–Crippen MR) is 134 cm³/mol. The van der Waals surface area contributed by atoms with Gasteiger partial charge in [-0.25, -0.2) is 14.3 Å². The van der Waals surface area contributed by atoms with E-state index in [2.05, 4.69) is 23.1 Å². The number of aryl methyl sites for hydroxylation is 2. The van der Waals surface area contributed by atoms with E-state index in [0.29, 0.717) is 40.1 Å². The fourth-order valence-electron chi connectivity index (χ4n) is 4.57. The number of hydrogen-bond donors (Lipinski definition) is 1. The summed E-state index contributed by atoms with van der Waals surface area (Å²) in [6.07, 6.45) is 5.71. The van der Waals surface area contributed by atoms with E-state index in [1.165, 1.54) is 6.07 Å². The molecule has 35 heavy (non-hydrogen) atoms. The van der Waals surface area contributed by atoms with Gasteiger partial charge in [0.1, 0.15) is 11.3 Å². The zero-order valence-corrected chi connectivity index (χ0v) is 19.6. The lowest BCUT2D eigenvalue weighted by Crippen LogP contribution is -2.06. The van der Waals surface area contributed by atoms with Gasteiger partial charge in [-0.1, -0.05) is 31.2 Å². The van der Waals surface area contributed by atoms with Crippen LogP contribution in [0.2, 0.25) is 0 Å². The lowest BCUT2D eigenvalue weighted by atomic mass is 9.91. The number of fused-ring (bicyclic) bond motifs is 2. The lowest BCUT2D eigenvalue weighted by Gasteiger charge is -2.16. The molecule has 0 saturated heterocycles. The number of aromatic nitrogens is 3. The number of rotatable bonds is 7. The van der Waals surface area contributed by atoms with Crippen LogP contribution in [0.25, 0.3) is 28.1 Å². The second-order valence-electron chi connectivity index (χ2n) is 8.91. The summed E-state index contributed by atoms with van der Waals surface area (Å²) >= 11 is 0. The first-order valence-corrected chi connectivity index (χ1v) is 11.6. The Hall–Kier alpha value is -4.26. The first-order valence-electron chi connectivity index (χ1n) is 11.6. The maximum absolute atomic E-state index is 13.1. The van der Waals surface area contributed by atoms with Crippen molar-refractivity contribution >= 4 is 22.6 Å². The second-order valence-corrected chi connectivity index (χ2v) is 8.91. The molecule has 0 aliphatic rings. The molecule has 1 unspecified atom stereocenters. The van der Waals surface area contributed by atoms with Crippen molar-refractivity contribution in [1.82, 2.24) is 14.6 Å². The Morgan fingerprint density at radius 1 is 1.14 bits per heavy atom. The maximum Gasteiger partial charge on any atom is 0.335 e. The van der Waals surface area contributed by atoms with Crippen molar-refractivity contribution in [2.75, 3.05) is 0 Å². The first kappa shape index (κ1) is 22.5. The van der Waals surface area contributed by atoms with Crippen molar-refractivity contribution in [2.24, 2.45) is 0 Å². The summed E-state index contributed by atoms with van der Waals surface area (Å²) < 4.78 is 7.95. The Bertz CT molecular complexity index is 1620. The molecule has 0 amide bonds. The number of carboxylic acids is 1. The Morgan fingerprint density at radius 3 is 2.80 bits per heavy atom. The molecule has 5 rings (SSSR count). The Morgan fingerprint density at radius 2 is 1.97 bits per heavy atom. The molecular formula is C28H25N3O4. The largest absolute Gasteiger partial charge is 0.478 e. The average Bonchev–Trinajstić information content (AvgIpc) is 3.32. The lowest BCUT2D eigenvalue weighted by molar-refractivity contribution is 0.0695. The average molecular weight is 468 g/mol. The molecule has 3 aromatic heterocycles. The van der Waals surface area contributed by atoms with E-state index >= 15 is 0 Å². The number of aromatic carboxylic acids is 1. The smallest absolute Gasteiger partial charge is 0.335 e. The topological polar surface area (TPSA) is 97.7 Å². The van der Waals surface area contributed by atoms with Gasteiger partial charge in [-0.15, -0.1) is 0 Å². The monoisotopic (exact) mass is 467 g/mol. The summed E-state index contributed by atoms with van der Waals surface area (Å²) in [7, 11) is 0. The van der Waals surface area contributed by atoms with E-state index < -0.39 is 5.97 Å². The highest BCUT2D eigenvalue weighted by Gasteiger charge is 2.17. The minimum absolute atomic E-state index is 0.108. The summed E-state index contributed by atoms with van der Waals surface area (Å²) in [4.78, 5) is 28.8. The van der Waals surface area contributed by atoms with Crippen molar-refractivity contribution in [2.45, 2.75) is 39.0 Å². The molecule has 3 heterocycles. The Kier molecular flexibility index (Phi) is 5.91. The zero-order valence-electron chi connectivity index (χ0n) is 19.6. The van der Waals surface area contributed by atoms with Crippen molar-refractivity contribution in [1.29, 1.82) is 0 Å². The van der Waals surface area contributed by atoms with Crippen molar-refractivity contribution in [3.05, 3.63) is 99.5 Å². The van der Waals surface area contributed by atoms with E-state index in [1.54, 1.807) is 35.1 Å². The van der Waals surface area contributed by atoms with Crippen molar-refractivity contribution < 1.29 is 14.3 Å². The number of nitrogens with zero attached hydrogens (tertiary/aromatic N) is 3. The highest BCUT2D eigenvalue weighted by molar-refractivity contribution is 5.89. The van der Waals surface area contributed by atoms with E-state index in [1.807, 2.05) is 31.2 Å². The molecule has 0 fully saturated rings. The third-order valence-electron chi connectivity index (χ3n) is 6.37. The van der Waals surface area contributed by atoms with Gasteiger partial charge in [0.25, 0.3) is 0 Å². The van der Waals surface area contributed by atoms with Crippen LogP contribution in [-0.4, -0.2) is 25.7 Å². The van der Waals surface area contributed by atoms with Gasteiger partial charge in [0, 0.05) is 18.5 Å². The van der Waals surface area contributed by atoms with Crippen LogP contribution >= 0.6 is 0 Å². The summed E-state index contributed by atoms with van der Waals surface area (Å²) in [6.45, 7) is 4.08. The Labute approximate surface area is 201 Å². The molecule has 5 aromatic rings. The number of hydrogen-bond acceptors (Lipinski definition) is 5. The fraction of sp³-hybridized carbons (Fsp3) is 0.214. The minimum Gasteiger partial charge on any atom is -0.478 e. The maximum atomic E-state index is 13.1. The van der Waals surface area contributed by atoms with Gasteiger partial charge in [0.2, 0.25) is 0 Å². The van der Waals surface area contributed by atoms with Crippen LogP contribution in [0.15, 0.2) is 76.2 Å². The standard InChI is InChI=1S/C28H25N3O4/c1-17-14-21(18(2)6-5-8-19-7-3-4-9-20(19)28(33)34)27-22(15-17)24(32)16-25(35-27)23-10-11-26-29-12-13-31(26)30-23/h3-4,7,9-16,18H,5-6,8H2,1-2H3,(H,33,34). The van der Waals surface area contributed by atoms with E-state index in [-0.39, 0.29) is 11.3 Å². The number of benzene rings is 2. The molecule has 0 aliphatic heterocycles. The zero-order chi connectivity index (χ0) is 24.5. The van der Waals surface area contributed by atoms with E-state index in [4.69, 9.17) is 4.42 Å². The molecule has 0 spiro atoms. The van der Waals surface area contributed by atoms with E-state index in [9.17, 15) is 14.7 Å². The van der Waals surface area contributed by atoms with Crippen LogP contribution < -0.4 is 5.43 Å². The van der Waals surface area contributed by atoms with Gasteiger partial charge >= 0.3 is 5.97 Å². The van der Waals surface area contributed by atoms with Crippen molar-refractivity contribution in [3.63, 3.8) is 0 Å². The Balaban J connectivity index is 1.47. The second kappa shape index (κ2) is 9.18. The highest BCUT2D eigenvalue weighted by atomic mass is 16.4. The summed E-state index contributed by atoms with van der Waals surface area (Å²) in [5.41, 5.74) is 4.87. The first-order chi connectivity index (χ1) is 16.9. The molecule has 0 aliphatic carbocycles. The third-order valence-corrected chi connectivity index (χ3v) is 6.37. The normalized spacial score (nSPS) is 12.3. The molecule has 1 atom stereocenters. The van der Waals surface area contributed by atoms with Crippen LogP contribution in [-0.2, 0) is 6.42 Å². The molecule has 2 aromatic carbocycles. The van der Waals surface area contributed by atoms with Crippen LogP contribution in [0.1, 0.15) is 52.7 Å². The molecule has 1 N–H and O–H groups in total. The van der Waals surface area contributed by atoms with Gasteiger partial charge in [-0.05, 0) is 73.1 Å². The van der Waals surface area contributed by atoms with Crippen LogP contribution in [0, 0.1) is 6.92 Å². The number of carboxylic acid groups (broad SMARTS) is 1. The third kappa shape index (κ3) is 4.45. The molecule has 0 radical (unpaired) electrons.